The maximum absolute atomic E-state index is 9.17. The quantitative estimate of drug-likeness (QED) is 0.400. The van der Waals surface area contributed by atoms with E-state index in [1.54, 1.807) is 35.3 Å². The van der Waals surface area contributed by atoms with E-state index in [2.05, 4.69) is 12.6 Å². The number of thioether (sulfide) groups is 3. The Morgan fingerprint density at radius 1 is 0.882 bits per heavy atom. The molecule has 0 fully saturated rings. The summed E-state index contributed by atoms with van der Waals surface area (Å²) in [5.41, 5.74) is 0. The van der Waals surface area contributed by atoms with Crippen molar-refractivity contribution >= 4 is 47.9 Å². The molecule has 0 spiro atoms. The molecule has 7 heteroatoms. The molecular weight excluding hydrogens is 296 g/mol. The Morgan fingerprint density at radius 3 is 1.82 bits per heavy atom. The number of hydrogen-bond donors (Lipinski definition) is 4. The van der Waals surface area contributed by atoms with Crippen molar-refractivity contribution in [1.82, 2.24) is 0 Å². The molecule has 0 amide bonds. The molecule has 3 nitrogen and oxygen atoms in total. The van der Waals surface area contributed by atoms with Crippen LogP contribution in [0.2, 0.25) is 0 Å². The number of rotatable bonds is 12. The van der Waals surface area contributed by atoms with E-state index >= 15 is 0 Å². The molecule has 2 unspecified atom stereocenters. The molecule has 0 saturated carbocycles. The van der Waals surface area contributed by atoms with Crippen LogP contribution < -0.4 is 0 Å². The second-order valence-corrected chi connectivity index (χ2v) is 7.67. The topological polar surface area (TPSA) is 60.7 Å². The van der Waals surface area contributed by atoms with Crippen LogP contribution in [0.3, 0.4) is 0 Å². The van der Waals surface area contributed by atoms with Crippen molar-refractivity contribution < 1.29 is 15.3 Å². The third kappa shape index (κ3) is 10.9. The van der Waals surface area contributed by atoms with Gasteiger partial charge in [0.1, 0.15) is 0 Å². The molecule has 17 heavy (non-hydrogen) atoms. The molecule has 2 atom stereocenters. The van der Waals surface area contributed by atoms with Gasteiger partial charge in [-0.25, -0.2) is 0 Å². The molecule has 0 heterocycles. The number of aliphatic hydroxyl groups is 3. The maximum Gasteiger partial charge on any atom is 0.0558 e. The molecule has 3 N–H and O–H groups in total. The predicted octanol–water partition coefficient (Wildman–Crippen LogP) is 0.830. The lowest BCUT2D eigenvalue weighted by atomic mass is 10.5. The molecule has 0 rings (SSSR count). The lowest BCUT2D eigenvalue weighted by Crippen LogP contribution is -2.17. The number of hydrogen-bond acceptors (Lipinski definition) is 7. The zero-order valence-corrected chi connectivity index (χ0v) is 13.2. The molecular formula is C10H22O3S4. The minimum absolute atomic E-state index is 0.144. The first kappa shape index (κ1) is 18.3. The normalized spacial score (nSPS) is 14.8. The molecule has 0 bridgehead atoms. The fourth-order valence-electron chi connectivity index (χ4n) is 1.08. The van der Waals surface area contributed by atoms with Gasteiger partial charge in [0.2, 0.25) is 0 Å². The van der Waals surface area contributed by atoms with Crippen LogP contribution in [0.5, 0.6) is 0 Å². The summed E-state index contributed by atoms with van der Waals surface area (Å²) in [7, 11) is 0. The molecule has 104 valence electrons. The van der Waals surface area contributed by atoms with E-state index in [-0.39, 0.29) is 30.3 Å². The third-order valence-electron chi connectivity index (χ3n) is 1.90. The minimum Gasteiger partial charge on any atom is -0.396 e. The molecule has 0 radical (unpaired) electrons. The monoisotopic (exact) mass is 318 g/mol. The first-order valence-corrected chi connectivity index (χ1v) is 9.41. The van der Waals surface area contributed by atoms with Gasteiger partial charge >= 0.3 is 0 Å². The van der Waals surface area contributed by atoms with Gasteiger partial charge in [-0.15, -0.1) is 0 Å². The molecule has 0 aromatic heterocycles. The molecule has 0 aliphatic heterocycles. The Hall–Kier alpha value is 1.28. The summed E-state index contributed by atoms with van der Waals surface area (Å²) >= 11 is 9.23. The SMILES string of the molecule is OCCSC(CO)CSCC(CO)SCCS. The maximum atomic E-state index is 9.17. The Morgan fingerprint density at radius 2 is 1.41 bits per heavy atom. The Bertz CT molecular complexity index is 146. The van der Waals surface area contributed by atoms with E-state index in [0.717, 1.165) is 23.0 Å². The van der Waals surface area contributed by atoms with Crippen molar-refractivity contribution in [2.75, 3.05) is 48.6 Å². The van der Waals surface area contributed by atoms with Gasteiger partial charge in [-0.1, -0.05) is 0 Å². The summed E-state index contributed by atoms with van der Waals surface area (Å²) in [5.74, 6) is 4.21. The fourth-order valence-corrected chi connectivity index (χ4v) is 4.70. The molecule has 0 aliphatic carbocycles. The second kappa shape index (κ2) is 13.7. The lowest BCUT2D eigenvalue weighted by Gasteiger charge is -2.16. The first-order valence-electron chi connectivity index (χ1n) is 5.52. The smallest absolute Gasteiger partial charge is 0.0558 e. The highest BCUT2D eigenvalue weighted by atomic mass is 32.2. The van der Waals surface area contributed by atoms with Gasteiger partial charge in [-0.05, 0) is 5.75 Å². The average Bonchev–Trinajstić information content (AvgIpc) is 2.37. The van der Waals surface area contributed by atoms with E-state index in [1.807, 2.05) is 0 Å². The van der Waals surface area contributed by atoms with Crippen molar-refractivity contribution in [3.63, 3.8) is 0 Å². The molecule has 0 aliphatic rings. The van der Waals surface area contributed by atoms with E-state index in [1.165, 1.54) is 0 Å². The molecule has 0 aromatic rings. The van der Waals surface area contributed by atoms with Crippen LogP contribution in [0, 0.1) is 0 Å². The Balaban J connectivity index is 3.61. The second-order valence-electron chi connectivity index (χ2n) is 3.34. The lowest BCUT2D eigenvalue weighted by molar-refractivity contribution is 0.299. The predicted molar refractivity (Wildman–Crippen MR) is 84.9 cm³/mol. The highest BCUT2D eigenvalue weighted by Gasteiger charge is 2.11. The van der Waals surface area contributed by atoms with E-state index in [9.17, 15) is 0 Å². The van der Waals surface area contributed by atoms with Gasteiger partial charge in [0.15, 0.2) is 0 Å². The summed E-state index contributed by atoms with van der Waals surface area (Å²) < 4.78 is 0. The number of thiol groups is 1. The van der Waals surface area contributed by atoms with Crippen molar-refractivity contribution in [3.05, 3.63) is 0 Å². The summed E-state index contributed by atoms with van der Waals surface area (Å²) in [5, 5.41) is 27.5. The van der Waals surface area contributed by atoms with Gasteiger partial charge in [-0.2, -0.15) is 47.9 Å². The van der Waals surface area contributed by atoms with E-state index in [0.29, 0.717) is 5.75 Å². The van der Waals surface area contributed by atoms with E-state index in [4.69, 9.17) is 15.3 Å². The van der Waals surface area contributed by atoms with Crippen molar-refractivity contribution in [2.45, 2.75) is 10.5 Å². The standard InChI is InChI=1S/C10H22O3S4/c11-1-3-16-9(5-12)7-15-8-10(6-13)17-4-2-14/h9-14H,1-8H2. The van der Waals surface area contributed by atoms with Crippen LogP contribution in [0.1, 0.15) is 0 Å². The van der Waals surface area contributed by atoms with Crippen LogP contribution >= 0.6 is 47.9 Å². The van der Waals surface area contributed by atoms with Crippen LogP contribution in [-0.2, 0) is 0 Å². The van der Waals surface area contributed by atoms with Gasteiger partial charge in [0, 0.05) is 33.5 Å². The Labute approximate surface area is 122 Å². The van der Waals surface area contributed by atoms with Gasteiger partial charge < -0.3 is 15.3 Å². The largest absolute Gasteiger partial charge is 0.396 e. The zero-order valence-electron chi connectivity index (χ0n) is 9.83. The van der Waals surface area contributed by atoms with Crippen molar-refractivity contribution in [3.8, 4) is 0 Å². The molecule has 0 aromatic carbocycles. The molecule has 0 saturated heterocycles. The van der Waals surface area contributed by atoms with Gasteiger partial charge in [0.25, 0.3) is 0 Å². The fraction of sp³-hybridized carbons (Fsp3) is 1.00. The van der Waals surface area contributed by atoms with Crippen LogP contribution in [0.15, 0.2) is 0 Å². The van der Waals surface area contributed by atoms with Crippen molar-refractivity contribution in [2.24, 2.45) is 0 Å². The average molecular weight is 319 g/mol. The summed E-state index contributed by atoms with van der Waals surface area (Å²) in [6, 6.07) is 0. The zero-order chi connectivity index (χ0) is 12.9. The summed E-state index contributed by atoms with van der Waals surface area (Å²) in [6.07, 6.45) is 0. The van der Waals surface area contributed by atoms with Gasteiger partial charge in [0.05, 0.1) is 19.8 Å². The third-order valence-corrected chi connectivity index (χ3v) is 6.56. The Kier molecular flexibility index (Phi) is 14.7. The van der Waals surface area contributed by atoms with Crippen LogP contribution in [0.4, 0.5) is 0 Å². The first-order chi connectivity index (χ1) is 8.28. The number of aliphatic hydroxyl groups excluding tert-OH is 3. The highest BCUT2D eigenvalue weighted by molar-refractivity contribution is 8.05. The highest BCUT2D eigenvalue weighted by Crippen LogP contribution is 2.20. The summed E-state index contributed by atoms with van der Waals surface area (Å²) in [6.45, 7) is 0.493. The van der Waals surface area contributed by atoms with Gasteiger partial charge in [-0.3, -0.25) is 0 Å². The van der Waals surface area contributed by atoms with E-state index < -0.39 is 0 Å². The minimum atomic E-state index is 0.144. The van der Waals surface area contributed by atoms with Crippen molar-refractivity contribution in [1.29, 1.82) is 0 Å². The summed E-state index contributed by atoms with van der Waals surface area (Å²) in [4.78, 5) is 0. The van der Waals surface area contributed by atoms with Crippen LogP contribution in [-0.4, -0.2) is 74.4 Å². The van der Waals surface area contributed by atoms with Crippen LogP contribution in [0.25, 0.3) is 0 Å².